The Kier molecular flexibility index (Phi) is 8.05. The number of methoxy groups -OCH3 is 1. The number of fused-ring (bicyclic) bond motifs is 1. The van der Waals surface area contributed by atoms with Gasteiger partial charge in [0.25, 0.3) is 0 Å². The number of nitrogens with one attached hydrogen (secondary N) is 1. The van der Waals surface area contributed by atoms with Crippen LogP contribution in [0.5, 0.6) is 5.75 Å². The van der Waals surface area contributed by atoms with Gasteiger partial charge in [0.2, 0.25) is 0 Å². The van der Waals surface area contributed by atoms with Gasteiger partial charge in [-0.15, -0.1) is 0 Å². The fraction of sp³-hybridized carbons (Fsp3) is 0.179. The Bertz CT molecular complexity index is 1420. The number of esters is 2. The summed E-state index contributed by atoms with van der Waals surface area (Å²) in [6.07, 6.45) is 2.61. The molecule has 0 bridgehead atoms. The van der Waals surface area contributed by atoms with E-state index in [9.17, 15) is 9.59 Å². The molecule has 1 N–H and O–H groups in total. The molecule has 4 rings (SSSR count). The van der Waals surface area contributed by atoms with Crippen molar-refractivity contribution >= 4 is 28.8 Å². The summed E-state index contributed by atoms with van der Waals surface area (Å²) < 4.78 is 15.3. The zero-order valence-electron chi connectivity index (χ0n) is 20.7. The monoisotopic (exact) mass is 498 g/mol. The molecule has 37 heavy (non-hydrogen) atoms. The Balaban J connectivity index is 1.86. The van der Waals surface area contributed by atoms with Crippen LogP contribution in [0.3, 0.4) is 0 Å². The molecule has 0 aliphatic heterocycles. The molecule has 9 nitrogen and oxygen atoms in total. The highest BCUT2D eigenvalue weighted by Crippen LogP contribution is 2.35. The van der Waals surface area contributed by atoms with E-state index >= 15 is 0 Å². The minimum atomic E-state index is -0.796. The quantitative estimate of drug-likeness (QED) is 0.151. The molecule has 2 aromatic heterocycles. The summed E-state index contributed by atoms with van der Waals surface area (Å²) in [7, 11) is 1.62. The van der Waals surface area contributed by atoms with Crippen LogP contribution in [0.15, 0.2) is 78.8 Å². The molecule has 0 radical (unpaired) electrons. The van der Waals surface area contributed by atoms with Gasteiger partial charge in [0.1, 0.15) is 17.9 Å². The van der Waals surface area contributed by atoms with Crippen molar-refractivity contribution in [3.8, 4) is 28.1 Å². The zero-order chi connectivity index (χ0) is 26.2. The van der Waals surface area contributed by atoms with E-state index in [1.165, 1.54) is 12.5 Å². The molecule has 0 spiro atoms. The average molecular weight is 499 g/mol. The van der Waals surface area contributed by atoms with Gasteiger partial charge in [-0.2, -0.15) is 0 Å². The highest BCUT2D eigenvalue weighted by molar-refractivity contribution is 6.14. The normalized spacial score (nSPS) is 10.5. The third-order valence-corrected chi connectivity index (χ3v) is 5.42. The number of aromatic nitrogens is 3. The number of carbonyl (C=O) groups excluding carboxylic acids is 2. The lowest BCUT2D eigenvalue weighted by Crippen LogP contribution is -2.19. The van der Waals surface area contributed by atoms with Crippen LogP contribution < -0.4 is 10.1 Å². The number of rotatable bonds is 9. The summed E-state index contributed by atoms with van der Waals surface area (Å²) in [6.45, 7) is 3.54. The lowest BCUT2D eigenvalue weighted by atomic mass is 9.99. The van der Waals surface area contributed by atoms with E-state index in [1.54, 1.807) is 21.0 Å². The number of hydrogen-bond acceptors (Lipinski definition) is 9. The number of ether oxygens (including phenoxy) is 3. The maximum absolute atomic E-state index is 12.4. The second-order valence-electron chi connectivity index (χ2n) is 7.71. The van der Waals surface area contributed by atoms with E-state index in [0.717, 1.165) is 22.4 Å². The predicted octanol–water partition coefficient (Wildman–Crippen LogP) is 4.79. The number of nitrogens with zero attached hydrogens (tertiary/aromatic N) is 3. The van der Waals surface area contributed by atoms with Crippen LogP contribution >= 0.6 is 0 Å². The Labute approximate surface area is 214 Å². The Morgan fingerprint density at radius 3 is 2.19 bits per heavy atom. The van der Waals surface area contributed by atoms with Crippen LogP contribution in [0.2, 0.25) is 0 Å². The predicted molar refractivity (Wildman–Crippen MR) is 140 cm³/mol. The number of anilines is 1. The highest BCUT2D eigenvalue weighted by Gasteiger charge is 2.22. The second-order valence-corrected chi connectivity index (χ2v) is 7.71. The molecule has 0 saturated carbocycles. The van der Waals surface area contributed by atoms with Crippen molar-refractivity contribution in [2.45, 2.75) is 13.8 Å². The van der Waals surface area contributed by atoms with Gasteiger partial charge in [0, 0.05) is 11.8 Å². The van der Waals surface area contributed by atoms with Crippen LogP contribution in [-0.2, 0) is 19.1 Å². The van der Waals surface area contributed by atoms with Gasteiger partial charge in [-0.25, -0.2) is 24.5 Å². The summed E-state index contributed by atoms with van der Waals surface area (Å²) in [6, 6.07) is 19.3. The molecule has 2 heterocycles. The molecule has 0 fully saturated rings. The van der Waals surface area contributed by atoms with Crippen molar-refractivity contribution < 1.29 is 23.8 Å². The lowest BCUT2D eigenvalue weighted by Gasteiger charge is -2.13. The first-order valence-electron chi connectivity index (χ1n) is 11.7. The van der Waals surface area contributed by atoms with Crippen LogP contribution in [-0.4, -0.2) is 47.2 Å². The van der Waals surface area contributed by atoms with Crippen molar-refractivity contribution in [2.75, 3.05) is 25.6 Å². The molecule has 2 aromatic carbocycles. The average Bonchev–Trinajstić information content (AvgIpc) is 2.93. The second kappa shape index (κ2) is 11.8. The largest absolute Gasteiger partial charge is 0.497 e. The molecule has 4 aromatic rings. The molecule has 0 amide bonds. The minimum absolute atomic E-state index is 0.113. The van der Waals surface area contributed by atoms with E-state index in [1.807, 2.05) is 60.7 Å². The van der Waals surface area contributed by atoms with Crippen molar-refractivity contribution in [3.63, 3.8) is 0 Å². The van der Waals surface area contributed by atoms with Crippen molar-refractivity contribution in [2.24, 2.45) is 0 Å². The SMILES string of the molecule is CCOC(=O)C(=CNc1ncnc2nc(-c3ccc(OC)cc3)cc(-c3ccccc3)c12)C(=O)OCC. The smallest absolute Gasteiger partial charge is 0.347 e. The third-order valence-electron chi connectivity index (χ3n) is 5.42. The number of hydrogen-bond donors (Lipinski definition) is 1. The van der Waals surface area contributed by atoms with Crippen LogP contribution in [0, 0.1) is 0 Å². The molecule has 0 saturated heterocycles. The molecule has 9 heteroatoms. The molecule has 0 unspecified atom stereocenters. The van der Waals surface area contributed by atoms with E-state index in [2.05, 4.69) is 15.3 Å². The molecule has 0 aliphatic carbocycles. The molecular weight excluding hydrogens is 472 g/mol. The highest BCUT2D eigenvalue weighted by atomic mass is 16.6. The summed E-state index contributed by atoms with van der Waals surface area (Å²) >= 11 is 0. The molecule has 188 valence electrons. The molecule has 0 aliphatic rings. The first-order chi connectivity index (χ1) is 18.0. The summed E-state index contributed by atoms with van der Waals surface area (Å²) in [5.74, 6) is -0.485. The topological polar surface area (TPSA) is 113 Å². The van der Waals surface area contributed by atoms with Gasteiger partial charge in [-0.3, -0.25) is 0 Å². The number of carbonyl (C=O) groups is 2. The van der Waals surface area contributed by atoms with Crippen molar-refractivity contribution in [1.29, 1.82) is 0 Å². The molecular formula is C28H26N4O5. The van der Waals surface area contributed by atoms with Crippen molar-refractivity contribution in [3.05, 3.63) is 78.8 Å². The Morgan fingerprint density at radius 1 is 0.892 bits per heavy atom. The summed E-state index contributed by atoms with van der Waals surface area (Å²) in [5.41, 5.74) is 3.50. The van der Waals surface area contributed by atoms with Gasteiger partial charge in [0.15, 0.2) is 11.2 Å². The van der Waals surface area contributed by atoms with E-state index < -0.39 is 11.9 Å². The fourth-order valence-electron chi connectivity index (χ4n) is 3.69. The maximum atomic E-state index is 12.4. The minimum Gasteiger partial charge on any atom is -0.497 e. The molecule has 0 atom stereocenters. The van der Waals surface area contributed by atoms with Gasteiger partial charge in [0.05, 0.1) is 31.4 Å². The Morgan fingerprint density at radius 2 is 1.57 bits per heavy atom. The first-order valence-corrected chi connectivity index (χ1v) is 11.7. The van der Waals surface area contributed by atoms with E-state index in [0.29, 0.717) is 22.5 Å². The van der Waals surface area contributed by atoms with Crippen LogP contribution in [0.25, 0.3) is 33.4 Å². The maximum Gasteiger partial charge on any atom is 0.347 e. The van der Waals surface area contributed by atoms with Gasteiger partial charge in [-0.05, 0) is 55.3 Å². The number of benzene rings is 2. The van der Waals surface area contributed by atoms with Gasteiger partial charge >= 0.3 is 11.9 Å². The lowest BCUT2D eigenvalue weighted by molar-refractivity contribution is -0.146. The van der Waals surface area contributed by atoms with Gasteiger partial charge < -0.3 is 19.5 Å². The van der Waals surface area contributed by atoms with Crippen molar-refractivity contribution in [1.82, 2.24) is 15.0 Å². The first kappa shape index (κ1) is 25.3. The van der Waals surface area contributed by atoms with Crippen LogP contribution in [0.4, 0.5) is 5.82 Å². The zero-order valence-corrected chi connectivity index (χ0v) is 20.7. The fourth-order valence-corrected chi connectivity index (χ4v) is 3.69. The van der Waals surface area contributed by atoms with E-state index in [4.69, 9.17) is 19.2 Å². The third kappa shape index (κ3) is 5.72. The summed E-state index contributed by atoms with van der Waals surface area (Å²) in [5, 5.41) is 3.60. The standard InChI is InChI=1S/C28H26N4O5/c1-4-36-27(33)22(28(34)37-5-2)16-29-25-24-21(18-9-7-6-8-10-18)15-23(32-26(24)31-17-30-25)19-11-13-20(35-3)14-12-19/h6-17H,4-5H2,1-3H3,(H,29,30,31,32). The van der Waals surface area contributed by atoms with Crippen LogP contribution in [0.1, 0.15) is 13.8 Å². The van der Waals surface area contributed by atoms with Gasteiger partial charge in [-0.1, -0.05) is 30.3 Å². The number of pyridine rings is 1. The van der Waals surface area contributed by atoms with E-state index in [-0.39, 0.29) is 18.8 Å². The summed E-state index contributed by atoms with van der Waals surface area (Å²) in [4.78, 5) is 38.3. The Hall–Kier alpha value is -4.79.